The molecule has 84 valence electrons. The van der Waals surface area contributed by atoms with Crippen molar-refractivity contribution in [2.75, 3.05) is 6.61 Å². The van der Waals surface area contributed by atoms with E-state index in [-0.39, 0.29) is 4.90 Å². The van der Waals surface area contributed by atoms with E-state index in [9.17, 15) is 13.0 Å². The van der Waals surface area contributed by atoms with Crippen LogP contribution in [0.3, 0.4) is 0 Å². The van der Waals surface area contributed by atoms with E-state index >= 15 is 0 Å². The molecule has 0 atom stereocenters. The van der Waals surface area contributed by atoms with Crippen LogP contribution in [0.1, 0.15) is 19.8 Å². The average molecular weight is 229 g/mol. The monoisotopic (exact) mass is 229 g/mol. The van der Waals surface area contributed by atoms with Gasteiger partial charge in [0, 0.05) is 0 Å². The van der Waals surface area contributed by atoms with Crippen molar-refractivity contribution in [1.29, 1.82) is 0 Å². The lowest BCUT2D eigenvalue weighted by Gasteiger charge is -2.08. The van der Waals surface area contributed by atoms with Gasteiger partial charge in [0.2, 0.25) is 0 Å². The van der Waals surface area contributed by atoms with Gasteiger partial charge in [0.05, 0.1) is 11.5 Å². The van der Waals surface area contributed by atoms with E-state index in [2.05, 4.69) is 6.92 Å². The normalized spacial score (nSPS) is 11.3. The molecule has 4 nitrogen and oxygen atoms in total. The minimum Gasteiger partial charge on any atom is -0.744 e. The third kappa shape index (κ3) is 3.89. The topological polar surface area (TPSA) is 66.4 Å². The predicted octanol–water partition coefficient (Wildman–Crippen LogP) is 1.77. The Morgan fingerprint density at radius 1 is 1.27 bits per heavy atom. The van der Waals surface area contributed by atoms with Gasteiger partial charge < -0.3 is 9.29 Å². The molecule has 0 aliphatic carbocycles. The average Bonchev–Trinajstić information content (AvgIpc) is 2.18. The largest absolute Gasteiger partial charge is 0.744 e. The minimum atomic E-state index is -4.35. The summed E-state index contributed by atoms with van der Waals surface area (Å²) in [5.74, 6) is 0.579. The lowest BCUT2D eigenvalue weighted by Crippen LogP contribution is -1.99. The number of hydrogen-bond acceptors (Lipinski definition) is 4. The molecule has 0 bridgehead atoms. The highest BCUT2D eigenvalue weighted by Crippen LogP contribution is 2.15. The summed E-state index contributed by atoms with van der Waals surface area (Å²) in [5.41, 5.74) is 0. The molecule has 0 aliphatic rings. The molecule has 1 rings (SSSR count). The van der Waals surface area contributed by atoms with Crippen molar-refractivity contribution in [3.63, 3.8) is 0 Å². The molecule has 0 aliphatic heterocycles. The lowest BCUT2D eigenvalue weighted by molar-refractivity contribution is 0.309. The maximum atomic E-state index is 10.6. The number of rotatable bonds is 5. The van der Waals surface area contributed by atoms with E-state index in [4.69, 9.17) is 4.74 Å². The molecule has 0 radical (unpaired) electrons. The summed E-state index contributed by atoms with van der Waals surface area (Å²) in [6.07, 6.45) is 1.98. The van der Waals surface area contributed by atoms with Crippen molar-refractivity contribution in [2.45, 2.75) is 24.7 Å². The Bertz CT molecular complexity index is 394. The third-order valence-corrected chi connectivity index (χ3v) is 2.73. The Hall–Kier alpha value is -1.07. The van der Waals surface area contributed by atoms with Crippen LogP contribution in [0.2, 0.25) is 0 Å². The minimum absolute atomic E-state index is 0.231. The van der Waals surface area contributed by atoms with Crippen LogP contribution in [-0.2, 0) is 10.1 Å². The summed E-state index contributed by atoms with van der Waals surface area (Å²) < 4.78 is 37.1. The number of benzene rings is 1. The molecule has 5 heteroatoms. The van der Waals surface area contributed by atoms with Gasteiger partial charge in [0.25, 0.3) is 0 Å². The summed E-state index contributed by atoms with van der Waals surface area (Å²) in [6, 6.07) is 5.48. The van der Waals surface area contributed by atoms with Gasteiger partial charge in [-0.25, -0.2) is 8.42 Å². The SMILES string of the molecule is CCCCOc1ccc(S(=O)(=O)[O-])cc1. The zero-order valence-corrected chi connectivity index (χ0v) is 9.29. The van der Waals surface area contributed by atoms with Crippen LogP contribution >= 0.6 is 0 Å². The van der Waals surface area contributed by atoms with Gasteiger partial charge in [-0.2, -0.15) is 0 Å². The molecule has 15 heavy (non-hydrogen) atoms. The Balaban J connectivity index is 2.65. The maximum Gasteiger partial charge on any atom is 0.124 e. The van der Waals surface area contributed by atoms with Gasteiger partial charge in [-0.3, -0.25) is 0 Å². The molecule has 1 aromatic rings. The third-order valence-electron chi connectivity index (χ3n) is 1.88. The fourth-order valence-corrected chi connectivity index (χ4v) is 1.51. The Morgan fingerprint density at radius 2 is 1.87 bits per heavy atom. The van der Waals surface area contributed by atoms with Crippen LogP contribution < -0.4 is 4.74 Å². The fraction of sp³-hybridized carbons (Fsp3) is 0.400. The van der Waals surface area contributed by atoms with Crippen molar-refractivity contribution in [3.05, 3.63) is 24.3 Å². The van der Waals surface area contributed by atoms with Crippen molar-refractivity contribution in [2.24, 2.45) is 0 Å². The van der Waals surface area contributed by atoms with Gasteiger partial charge in [-0.1, -0.05) is 13.3 Å². The molecule has 0 aromatic heterocycles. The van der Waals surface area contributed by atoms with Gasteiger partial charge in [0.15, 0.2) is 0 Å². The van der Waals surface area contributed by atoms with E-state index in [0.717, 1.165) is 12.8 Å². The predicted molar refractivity (Wildman–Crippen MR) is 54.8 cm³/mol. The van der Waals surface area contributed by atoms with Crippen molar-refractivity contribution in [3.8, 4) is 5.75 Å². The summed E-state index contributed by atoms with van der Waals surface area (Å²) in [5, 5.41) is 0. The fourth-order valence-electron chi connectivity index (χ4n) is 1.04. The molecule has 0 fully saturated rings. The Morgan fingerprint density at radius 3 is 2.33 bits per heavy atom. The molecule has 0 saturated heterocycles. The maximum absolute atomic E-state index is 10.6. The van der Waals surface area contributed by atoms with Crippen LogP contribution in [0.5, 0.6) is 5.75 Å². The van der Waals surface area contributed by atoms with Crippen LogP contribution in [0.25, 0.3) is 0 Å². The first-order valence-corrected chi connectivity index (χ1v) is 6.13. The smallest absolute Gasteiger partial charge is 0.124 e. The Labute approximate surface area is 89.6 Å². The van der Waals surface area contributed by atoms with Crippen molar-refractivity contribution < 1.29 is 17.7 Å². The van der Waals surface area contributed by atoms with Crippen LogP contribution in [0, 0.1) is 0 Å². The summed E-state index contributed by atoms with van der Waals surface area (Å²) >= 11 is 0. The summed E-state index contributed by atoms with van der Waals surface area (Å²) in [4.78, 5) is -0.231. The molecule has 0 heterocycles. The van der Waals surface area contributed by atoms with Gasteiger partial charge in [-0.15, -0.1) is 0 Å². The molecule has 0 N–H and O–H groups in total. The van der Waals surface area contributed by atoms with E-state index in [0.29, 0.717) is 12.4 Å². The number of unbranched alkanes of at least 4 members (excludes halogenated alkanes) is 1. The van der Waals surface area contributed by atoms with Crippen LogP contribution in [0.15, 0.2) is 29.2 Å². The van der Waals surface area contributed by atoms with Crippen molar-refractivity contribution in [1.82, 2.24) is 0 Å². The zero-order chi connectivity index (χ0) is 11.3. The van der Waals surface area contributed by atoms with E-state index < -0.39 is 10.1 Å². The second kappa shape index (κ2) is 5.14. The highest BCUT2D eigenvalue weighted by Gasteiger charge is 2.00. The van der Waals surface area contributed by atoms with Gasteiger partial charge in [0.1, 0.15) is 15.9 Å². The van der Waals surface area contributed by atoms with E-state index in [1.807, 2.05) is 0 Å². The second-order valence-corrected chi connectivity index (χ2v) is 4.51. The first kappa shape index (κ1) is 12.0. The molecule has 1 aromatic carbocycles. The first-order valence-electron chi connectivity index (χ1n) is 4.73. The lowest BCUT2D eigenvalue weighted by atomic mass is 10.3. The molecule has 0 unspecified atom stereocenters. The molecular formula is C10H13O4S-. The molecular weight excluding hydrogens is 216 g/mol. The Kier molecular flexibility index (Phi) is 4.11. The highest BCUT2D eigenvalue weighted by molar-refractivity contribution is 7.85. The van der Waals surface area contributed by atoms with E-state index in [1.54, 1.807) is 0 Å². The van der Waals surface area contributed by atoms with Crippen LogP contribution in [0.4, 0.5) is 0 Å². The summed E-state index contributed by atoms with van der Waals surface area (Å²) in [7, 11) is -4.35. The van der Waals surface area contributed by atoms with Gasteiger partial charge >= 0.3 is 0 Å². The van der Waals surface area contributed by atoms with Gasteiger partial charge in [-0.05, 0) is 30.7 Å². The van der Waals surface area contributed by atoms with E-state index in [1.165, 1.54) is 24.3 Å². The quantitative estimate of drug-likeness (QED) is 0.570. The summed E-state index contributed by atoms with van der Waals surface area (Å²) in [6.45, 7) is 2.65. The van der Waals surface area contributed by atoms with Crippen molar-refractivity contribution >= 4 is 10.1 Å². The molecule has 0 saturated carbocycles. The second-order valence-electron chi connectivity index (χ2n) is 3.13. The molecule has 0 spiro atoms. The molecule has 0 amide bonds. The number of ether oxygens (including phenoxy) is 1. The highest BCUT2D eigenvalue weighted by atomic mass is 32.2. The zero-order valence-electron chi connectivity index (χ0n) is 8.47. The number of hydrogen-bond donors (Lipinski definition) is 0. The standard InChI is InChI=1S/C10H14O4S/c1-2-3-8-14-9-4-6-10(7-5-9)15(11,12)13/h4-7H,2-3,8H2,1H3,(H,11,12,13)/p-1. The van der Waals surface area contributed by atoms with Crippen LogP contribution in [-0.4, -0.2) is 19.6 Å². The first-order chi connectivity index (χ1) is 7.04.